The van der Waals surface area contributed by atoms with Crippen LogP contribution in [0.4, 0.5) is 5.69 Å². The molecule has 0 bridgehead atoms. The number of pyridine rings is 1. The van der Waals surface area contributed by atoms with Gasteiger partial charge in [0, 0.05) is 25.3 Å². The maximum Gasteiger partial charge on any atom is 0.248 e. The maximum absolute atomic E-state index is 5.83. The molecule has 0 unspecified atom stereocenters. The van der Waals surface area contributed by atoms with Gasteiger partial charge in [-0.1, -0.05) is 11.6 Å². The smallest absolute Gasteiger partial charge is 0.248 e. The number of hydrogen-bond acceptors (Lipinski definition) is 4. The SMILES string of the molecule is CN(C)c1ccc(-c2nc3ccc(Cl)nc3o2)cc1. The number of halogens is 1. The lowest BCUT2D eigenvalue weighted by molar-refractivity contribution is 0.608. The standard InChI is InChI=1S/C14H12ClN3O/c1-18(2)10-5-3-9(4-6-10)13-16-11-7-8-12(15)17-14(11)19-13/h3-8H,1-2H3. The minimum Gasteiger partial charge on any atom is -0.418 e. The summed E-state index contributed by atoms with van der Waals surface area (Å²) in [5, 5.41) is 0.401. The van der Waals surface area contributed by atoms with Crippen LogP contribution in [0, 0.1) is 0 Å². The average molecular weight is 274 g/mol. The Morgan fingerprint density at radius 2 is 1.74 bits per heavy atom. The number of oxazole rings is 1. The van der Waals surface area contributed by atoms with Gasteiger partial charge in [0.15, 0.2) is 0 Å². The summed E-state index contributed by atoms with van der Waals surface area (Å²) in [6.07, 6.45) is 0. The predicted octanol–water partition coefficient (Wildman–Crippen LogP) is 3.61. The largest absolute Gasteiger partial charge is 0.418 e. The third-order valence-electron chi connectivity index (χ3n) is 2.85. The number of hydrogen-bond donors (Lipinski definition) is 0. The lowest BCUT2D eigenvalue weighted by atomic mass is 10.2. The molecule has 0 aliphatic carbocycles. The third kappa shape index (κ3) is 2.27. The molecule has 0 fully saturated rings. The molecule has 0 saturated carbocycles. The Bertz CT molecular complexity index is 719. The molecule has 0 saturated heterocycles. The molecule has 2 heterocycles. The Morgan fingerprint density at radius 3 is 2.42 bits per heavy atom. The van der Waals surface area contributed by atoms with Gasteiger partial charge in [-0.3, -0.25) is 0 Å². The van der Waals surface area contributed by atoms with Gasteiger partial charge in [-0.2, -0.15) is 4.98 Å². The zero-order chi connectivity index (χ0) is 13.4. The van der Waals surface area contributed by atoms with Crippen LogP contribution in [0.15, 0.2) is 40.8 Å². The van der Waals surface area contributed by atoms with Crippen molar-refractivity contribution in [1.29, 1.82) is 0 Å². The van der Waals surface area contributed by atoms with E-state index in [1.807, 2.05) is 43.3 Å². The second-order valence-corrected chi connectivity index (χ2v) is 4.81. The molecule has 0 spiro atoms. The first kappa shape index (κ1) is 12.0. The predicted molar refractivity (Wildman–Crippen MR) is 76.6 cm³/mol. The lowest BCUT2D eigenvalue weighted by Gasteiger charge is -2.11. The molecular weight excluding hydrogens is 262 g/mol. The van der Waals surface area contributed by atoms with Crippen molar-refractivity contribution >= 4 is 28.5 Å². The summed E-state index contributed by atoms with van der Waals surface area (Å²) in [5.41, 5.74) is 3.20. The summed E-state index contributed by atoms with van der Waals surface area (Å²) in [7, 11) is 4.00. The van der Waals surface area contributed by atoms with Crippen LogP contribution in [0.5, 0.6) is 0 Å². The van der Waals surface area contributed by atoms with Crippen molar-refractivity contribution in [2.24, 2.45) is 0 Å². The van der Waals surface area contributed by atoms with Gasteiger partial charge in [0.1, 0.15) is 10.7 Å². The Kier molecular flexibility index (Phi) is 2.87. The monoisotopic (exact) mass is 273 g/mol. The number of fused-ring (bicyclic) bond motifs is 1. The maximum atomic E-state index is 5.83. The van der Waals surface area contributed by atoms with E-state index in [0.717, 1.165) is 11.3 Å². The van der Waals surface area contributed by atoms with Crippen LogP contribution in [-0.2, 0) is 0 Å². The van der Waals surface area contributed by atoms with E-state index in [4.69, 9.17) is 16.0 Å². The van der Waals surface area contributed by atoms with Crippen molar-refractivity contribution < 1.29 is 4.42 Å². The fourth-order valence-corrected chi connectivity index (χ4v) is 1.96. The van der Waals surface area contributed by atoms with E-state index in [9.17, 15) is 0 Å². The van der Waals surface area contributed by atoms with Crippen molar-refractivity contribution in [1.82, 2.24) is 9.97 Å². The van der Waals surface area contributed by atoms with E-state index in [1.54, 1.807) is 12.1 Å². The quantitative estimate of drug-likeness (QED) is 0.669. The summed E-state index contributed by atoms with van der Waals surface area (Å²) in [6, 6.07) is 11.5. The van der Waals surface area contributed by atoms with Gasteiger partial charge in [-0.15, -0.1) is 0 Å². The van der Waals surface area contributed by atoms with E-state index in [1.165, 1.54) is 0 Å². The number of aromatic nitrogens is 2. The molecule has 1 aromatic carbocycles. The Hall–Kier alpha value is -2.07. The van der Waals surface area contributed by atoms with Gasteiger partial charge in [0.2, 0.25) is 11.6 Å². The zero-order valence-corrected chi connectivity index (χ0v) is 11.3. The van der Waals surface area contributed by atoms with Crippen LogP contribution in [0.1, 0.15) is 0 Å². The molecule has 4 nitrogen and oxygen atoms in total. The Morgan fingerprint density at radius 1 is 1.00 bits per heavy atom. The average Bonchev–Trinajstić information content (AvgIpc) is 2.81. The summed E-state index contributed by atoms with van der Waals surface area (Å²) >= 11 is 5.83. The molecule has 2 aromatic heterocycles. The van der Waals surface area contributed by atoms with Crippen molar-refractivity contribution in [3.8, 4) is 11.5 Å². The van der Waals surface area contributed by atoms with Crippen LogP contribution >= 0.6 is 11.6 Å². The lowest BCUT2D eigenvalue weighted by Crippen LogP contribution is -2.07. The van der Waals surface area contributed by atoms with Gasteiger partial charge in [0.25, 0.3) is 0 Å². The first-order valence-electron chi connectivity index (χ1n) is 5.84. The number of anilines is 1. The van der Waals surface area contributed by atoms with Crippen LogP contribution in [0.25, 0.3) is 22.7 Å². The van der Waals surface area contributed by atoms with E-state index >= 15 is 0 Å². The molecule has 0 aliphatic rings. The molecule has 19 heavy (non-hydrogen) atoms. The molecule has 0 atom stereocenters. The summed E-state index contributed by atoms with van der Waals surface area (Å²) in [6.45, 7) is 0. The molecule has 0 radical (unpaired) electrons. The van der Waals surface area contributed by atoms with Crippen molar-refractivity contribution in [2.75, 3.05) is 19.0 Å². The van der Waals surface area contributed by atoms with Gasteiger partial charge < -0.3 is 9.32 Å². The summed E-state index contributed by atoms with van der Waals surface area (Å²) < 4.78 is 5.61. The van der Waals surface area contributed by atoms with Gasteiger partial charge >= 0.3 is 0 Å². The van der Waals surface area contributed by atoms with Crippen molar-refractivity contribution in [2.45, 2.75) is 0 Å². The number of benzene rings is 1. The highest BCUT2D eigenvalue weighted by atomic mass is 35.5. The molecule has 0 N–H and O–H groups in total. The van der Waals surface area contributed by atoms with Gasteiger partial charge in [0.05, 0.1) is 0 Å². The summed E-state index contributed by atoms with van der Waals surface area (Å²) in [5.74, 6) is 0.551. The fourth-order valence-electron chi connectivity index (χ4n) is 1.82. The Balaban J connectivity index is 2.03. The highest BCUT2D eigenvalue weighted by Crippen LogP contribution is 2.25. The first-order valence-corrected chi connectivity index (χ1v) is 6.22. The van der Waals surface area contributed by atoms with Crippen molar-refractivity contribution in [3.05, 3.63) is 41.6 Å². The normalized spacial score (nSPS) is 10.9. The van der Waals surface area contributed by atoms with Gasteiger partial charge in [-0.25, -0.2) is 4.98 Å². The molecule has 3 rings (SSSR count). The number of rotatable bonds is 2. The molecular formula is C14H12ClN3O. The molecule has 0 aliphatic heterocycles. The fraction of sp³-hybridized carbons (Fsp3) is 0.143. The minimum atomic E-state index is 0.401. The highest BCUT2D eigenvalue weighted by molar-refractivity contribution is 6.29. The third-order valence-corrected chi connectivity index (χ3v) is 3.06. The minimum absolute atomic E-state index is 0.401. The molecule has 96 valence electrons. The highest BCUT2D eigenvalue weighted by Gasteiger charge is 2.09. The van der Waals surface area contributed by atoms with E-state index in [-0.39, 0.29) is 0 Å². The van der Waals surface area contributed by atoms with Crippen LogP contribution in [-0.4, -0.2) is 24.1 Å². The Labute approximate surface area is 115 Å². The zero-order valence-electron chi connectivity index (χ0n) is 10.6. The van der Waals surface area contributed by atoms with Gasteiger partial charge in [-0.05, 0) is 36.4 Å². The van der Waals surface area contributed by atoms with Crippen LogP contribution < -0.4 is 4.90 Å². The van der Waals surface area contributed by atoms with E-state index in [2.05, 4.69) is 9.97 Å². The van der Waals surface area contributed by atoms with E-state index in [0.29, 0.717) is 22.3 Å². The topological polar surface area (TPSA) is 42.2 Å². The summed E-state index contributed by atoms with van der Waals surface area (Å²) in [4.78, 5) is 10.5. The number of nitrogens with zero attached hydrogens (tertiary/aromatic N) is 3. The van der Waals surface area contributed by atoms with Crippen molar-refractivity contribution in [3.63, 3.8) is 0 Å². The van der Waals surface area contributed by atoms with Crippen LogP contribution in [0.3, 0.4) is 0 Å². The second kappa shape index (κ2) is 4.55. The molecule has 0 amide bonds. The van der Waals surface area contributed by atoms with Crippen LogP contribution in [0.2, 0.25) is 5.15 Å². The first-order chi connectivity index (χ1) is 9.13. The molecule has 3 aromatic rings. The van der Waals surface area contributed by atoms with E-state index < -0.39 is 0 Å². The second-order valence-electron chi connectivity index (χ2n) is 4.42. The molecule has 5 heteroatoms.